The lowest BCUT2D eigenvalue weighted by atomic mass is 10.2. The van der Waals surface area contributed by atoms with Gasteiger partial charge in [-0.15, -0.1) is 0 Å². The van der Waals surface area contributed by atoms with Crippen LogP contribution in [0.25, 0.3) is 0 Å². The lowest BCUT2D eigenvalue weighted by molar-refractivity contribution is 0.321. The maximum atomic E-state index is 8.24. The van der Waals surface area contributed by atoms with Gasteiger partial charge in [-0.05, 0) is 30.4 Å². The fourth-order valence-electron chi connectivity index (χ4n) is 1.24. The molecular formula is C8H11NO. The van der Waals surface area contributed by atoms with Crippen molar-refractivity contribution in [2.24, 2.45) is 5.16 Å². The van der Waals surface area contributed by atoms with Crippen molar-refractivity contribution in [1.29, 1.82) is 0 Å². The molecule has 0 bridgehead atoms. The molecule has 54 valence electrons. The second-order valence-electron chi connectivity index (χ2n) is 2.35. The van der Waals surface area contributed by atoms with Gasteiger partial charge >= 0.3 is 0 Å². The normalized spacial score (nSPS) is 18.8. The molecule has 0 saturated carbocycles. The lowest BCUT2D eigenvalue weighted by Gasteiger charge is -1.91. The van der Waals surface area contributed by atoms with E-state index in [0.29, 0.717) is 0 Å². The molecule has 0 radical (unpaired) electrons. The Kier molecular flexibility index (Phi) is 2.26. The number of oxime groups is 1. The van der Waals surface area contributed by atoms with E-state index in [-0.39, 0.29) is 0 Å². The van der Waals surface area contributed by atoms with Gasteiger partial charge in [-0.25, -0.2) is 0 Å². The van der Waals surface area contributed by atoms with E-state index in [2.05, 4.69) is 11.7 Å². The highest BCUT2D eigenvalue weighted by molar-refractivity contribution is 5.80. The molecule has 10 heavy (non-hydrogen) atoms. The number of hydrogen-bond donors (Lipinski definition) is 1. The van der Waals surface area contributed by atoms with Crippen LogP contribution in [0.4, 0.5) is 0 Å². The summed E-state index contributed by atoms with van der Waals surface area (Å²) in [5, 5.41) is 11.2. The summed E-state index contributed by atoms with van der Waals surface area (Å²) in [5.74, 6) is 0. The van der Waals surface area contributed by atoms with E-state index in [0.717, 1.165) is 24.8 Å². The highest BCUT2D eigenvalue weighted by Gasteiger charge is 2.09. The molecule has 1 N–H and O–H groups in total. The summed E-state index contributed by atoms with van der Waals surface area (Å²) < 4.78 is 0. The van der Waals surface area contributed by atoms with Gasteiger partial charge in [-0.1, -0.05) is 17.8 Å². The van der Waals surface area contributed by atoms with Crippen LogP contribution in [0.15, 0.2) is 29.0 Å². The Morgan fingerprint density at radius 2 is 2.10 bits per heavy atom. The van der Waals surface area contributed by atoms with Gasteiger partial charge in [0.25, 0.3) is 0 Å². The van der Waals surface area contributed by atoms with E-state index in [1.807, 2.05) is 6.08 Å². The van der Waals surface area contributed by atoms with Crippen LogP contribution < -0.4 is 0 Å². The van der Waals surface area contributed by atoms with Gasteiger partial charge in [-0.3, -0.25) is 0 Å². The highest BCUT2D eigenvalue weighted by atomic mass is 16.4. The molecular weight excluding hydrogens is 126 g/mol. The molecule has 0 aromatic heterocycles. The molecule has 2 heteroatoms. The van der Waals surface area contributed by atoms with Crippen molar-refractivity contribution in [3.63, 3.8) is 0 Å². The molecule has 1 rings (SSSR count). The predicted octanol–water partition coefficient (Wildman–Crippen LogP) is 2.11. The molecule has 0 amide bonds. The zero-order valence-electron chi connectivity index (χ0n) is 5.88. The first-order chi connectivity index (χ1) is 4.88. The van der Waals surface area contributed by atoms with Crippen LogP contribution in [0.2, 0.25) is 0 Å². The van der Waals surface area contributed by atoms with Crippen molar-refractivity contribution in [3.05, 3.63) is 23.8 Å². The molecule has 2 nitrogen and oxygen atoms in total. The Labute approximate surface area is 60.6 Å². The Morgan fingerprint density at radius 1 is 1.40 bits per heavy atom. The van der Waals surface area contributed by atoms with Crippen molar-refractivity contribution >= 4 is 6.21 Å². The molecule has 0 fully saturated rings. The van der Waals surface area contributed by atoms with Crippen LogP contribution in [-0.4, -0.2) is 11.4 Å². The van der Waals surface area contributed by atoms with Gasteiger partial charge in [0.1, 0.15) is 0 Å². The monoisotopic (exact) mass is 137 g/mol. The third kappa shape index (κ3) is 1.26. The summed E-state index contributed by atoms with van der Waals surface area (Å²) in [7, 11) is 0. The standard InChI is InChI=1S/C8H11NO/c1-2-7-4-3-5-8(7)6-9-10/h2,6,10H,1,3-5H2/b9-6+. The van der Waals surface area contributed by atoms with Crippen LogP contribution in [0.5, 0.6) is 0 Å². The summed E-state index contributed by atoms with van der Waals surface area (Å²) >= 11 is 0. The fourth-order valence-corrected chi connectivity index (χ4v) is 1.24. The summed E-state index contributed by atoms with van der Waals surface area (Å²) in [6.07, 6.45) is 6.59. The van der Waals surface area contributed by atoms with Crippen molar-refractivity contribution in [2.45, 2.75) is 19.3 Å². The van der Waals surface area contributed by atoms with Crippen LogP contribution in [0.3, 0.4) is 0 Å². The highest BCUT2D eigenvalue weighted by Crippen LogP contribution is 2.24. The second-order valence-corrected chi connectivity index (χ2v) is 2.35. The van der Waals surface area contributed by atoms with E-state index >= 15 is 0 Å². The van der Waals surface area contributed by atoms with Crippen molar-refractivity contribution < 1.29 is 5.21 Å². The fraction of sp³-hybridized carbons (Fsp3) is 0.375. The third-order valence-corrected chi connectivity index (χ3v) is 1.76. The average Bonchev–Trinajstić information content (AvgIpc) is 2.36. The molecule has 0 unspecified atom stereocenters. The Balaban J connectivity index is 2.77. The SMILES string of the molecule is C=CC1=C(/C=N/O)CCC1. The number of hydrogen-bond acceptors (Lipinski definition) is 2. The molecule has 0 aliphatic heterocycles. The maximum Gasteiger partial charge on any atom is 0.0696 e. The van der Waals surface area contributed by atoms with Crippen LogP contribution in [-0.2, 0) is 0 Å². The summed E-state index contributed by atoms with van der Waals surface area (Å²) in [4.78, 5) is 0. The van der Waals surface area contributed by atoms with E-state index in [4.69, 9.17) is 5.21 Å². The van der Waals surface area contributed by atoms with E-state index in [1.165, 1.54) is 11.8 Å². The lowest BCUT2D eigenvalue weighted by Crippen LogP contribution is -1.81. The molecule has 1 aliphatic rings. The van der Waals surface area contributed by atoms with Gasteiger partial charge in [-0.2, -0.15) is 0 Å². The maximum absolute atomic E-state index is 8.24. The zero-order chi connectivity index (χ0) is 7.40. The quantitative estimate of drug-likeness (QED) is 0.353. The zero-order valence-corrected chi connectivity index (χ0v) is 5.88. The van der Waals surface area contributed by atoms with Crippen LogP contribution >= 0.6 is 0 Å². The largest absolute Gasteiger partial charge is 0.411 e. The van der Waals surface area contributed by atoms with E-state index in [9.17, 15) is 0 Å². The summed E-state index contributed by atoms with van der Waals surface area (Å²) in [5.41, 5.74) is 2.34. The molecule has 1 aliphatic carbocycles. The molecule has 0 spiro atoms. The van der Waals surface area contributed by atoms with Gasteiger partial charge in [0.2, 0.25) is 0 Å². The van der Waals surface area contributed by atoms with Crippen LogP contribution in [0.1, 0.15) is 19.3 Å². The molecule has 0 heterocycles. The first kappa shape index (κ1) is 7.06. The molecule has 0 atom stereocenters. The smallest absolute Gasteiger partial charge is 0.0696 e. The van der Waals surface area contributed by atoms with E-state index < -0.39 is 0 Å². The summed E-state index contributed by atoms with van der Waals surface area (Å²) in [6, 6.07) is 0. The minimum absolute atomic E-state index is 1.02. The topological polar surface area (TPSA) is 32.6 Å². The van der Waals surface area contributed by atoms with Gasteiger partial charge < -0.3 is 5.21 Å². The summed E-state index contributed by atoms with van der Waals surface area (Å²) in [6.45, 7) is 3.67. The van der Waals surface area contributed by atoms with Gasteiger partial charge in [0.15, 0.2) is 0 Å². The second kappa shape index (κ2) is 3.20. The molecule has 0 aromatic rings. The first-order valence-electron chi connectivity index (χ1n) is 3.40. The van der Waals surface area contributed by atoms with Crippen molar-refractivity contribution in [2.75, 3.05) is 0 Å². The van der Waals surface area contributed by atoms with E-state index in [1.54, 1.807) is 0 Å². The third-order valence-electron chi connectivity index (χ3n) is 1.76. The van der Waals surface area contributed by atoms with Crippen LogP contribution in [0, 0.1) is 0 Å². The Morgan fingerprint density at radius 3 is 2.70 bits per heavy atom. The van der Waals surface area contributed by atoms with Crippen molar-refractivity contribution in [1.82, 2.24) is 0 Å². The minimum Gasteiger partial charge on any atom is -0.411 e. The minimum atomic E-state index is 1.02. The molecule has 0 saturated heterocycles. The predicted molar refractivity (Wildman–Crippen MR) is 41.4 cm³/mol. The Hall–Kier alpha value is -1.05. The van der Waals surface area contributed by atoms with Crippen molar-refractivity contribution in [3.8, 4) is 0 Å². The average molecular weight is 137 g/mol. The Bertz CT molecular complexity index is 191. The molecule has 0 aromatic carbocycles. The van der Waals surface area contributed by atoms with Gasteiger partial charge in [0, 0.05) is 0 Å². The number of allylic oxidation sites excluding steroid dienone is 3. The first-order valence-corrected chi connectivity index (χ1v) is 3.40. The number of rotatable bonds is 2. The number of nitrogens with zero attached hydrogens (tertiary/aromatic N) is 1. The van der Waals surface area contributed by atoms with Gasteiger partial charge in [0.05, 0.1) is 6.21 Å².